The fourth-order valence-electron chi connectivity index (χ4n) is 1.49. The van der Waals surface area contributed by atoms with Gasteiger partial charge in [0.1, 0.15) is 11.6 Å². The predicted octanol–water partition coefficient (Wildman–Crippen LogP) is 3.87. The summed E-state index contributed by atoms with van der Waals surface area (Å²) in [4.78, 5) is -0.136. The molecule has 0 aliphatic rings. The van der Waals surface area contributed by atoms with Gasteiger partial charge in [-0.15, -0.1) is 0 Å². The number of nitrogens with two attached hydrogens (primary N) is 1. The van der Waals surface area contributed by atoms with E-state index in [4.69, 9.17) is 5.73 Å². The Morgan fingerprint density at radius 1 is 1.00 bits per heavy atom. The highest BCUT2D eigenvalue weighted by Gasteiger charge is 2.18. The topological polar surface area (TPSA) is 72.2 Å². The van der Waals surface area contributed by atoms with Gasteiger partial charge >= 0.3 is 0 Å². The molecule has 3 N–H and O–H groups in total. The maximum absolute atomic E-state index is 13.6. The zero-order chi connectivity index (χ0) is 15.8. The molecule has 0 unspecified atom stereocenters. The van der Waals surface area contributed by atoms with Crippen molar-refractivity contribution in [2.24, 2.45) is 0 Å². The molecule has 4 nitrogen and oxygen atoms in total. The summed E-state index contributed by atoms with van der Waals surface area (Å²) in [5.74, 6) is -1.85. The van der Waals surface area contributed by atoms with E-state index >= 15 is 0 Å². The number of hydrogen-bond acceptors (Lipinski definition) is 3. The first-order chi connectivity index (χ1) is 9.70. The van der Waals surface area contributed by atoms with Crippen LogP contribution in [0.5, 0.6) is 0 Å². The van der Waals surface area contributed by atoms with E-state index in [1.54, 1.807) is 0 Å². The SMILES string of the molecule is Nc1cc(S(=O)(=O)Nc2cc(Br)c(F)cc2F)ccc1Br. The minimum atomic E-state index is -4.04. The van der Waals surface area contributed by atoms with Crippen molar-refractivity contribution in [3.63, 3.8) is 0 Å². The molecule has 0 radical (unpaired) electrons. The van der Waals surface area contributed by atoms with Gasteiger partial charge in [-0.3, -0.25) is 4.72 Å². The monoisotopic (exact) mass is 440 g/mol. The number of nitrogens with one attached hydrogen (secondary N) is 1. The highest BCUT2D eigenvalue weighted by molar-refractivity contribution is 9.10. The molecule has 2 aromatic rings. The Labute approximate surface area is 136 Å². The van der Waals surface area contributed by atoms with E-state index in [0.29, 0.717) is 10.5 Å². The molecule has 21 heavy (non-hydrogen) atoms. The zero-order valence-corrected chi connectivity index (χ0v) is 14.2. The summed E-state index contributed by atoms with van der Waals surface area (Å²) in [7, 11) is -4.04. The van der Waals surface area contributed by atoms with Gasteiger partial charge in [0.25, 0.3) is 10.0 Å². The minimum Gasteiger partial charge on any atom is -0.398 e. The van der Waals surface area contributed by atoms with Crippen molar-refractivity contribution >= 4 is 53.3 Å². The Hall–Kier alpha value is -1.19. The van der Waals surface area contributed by atoms with Crippen LogP contribution in [0.4, 0.5) is 20.2 Å². The number of halogens is 4. The van der Waals surface area contributed by atoms with E-state index in [-0.39, 0.29) is 20.7 Å². The van der Waals surface area contributed by atoms with Crippen LogP contribution in [0.25, 0.3) is 0 Å². The number of rotatable bonds is 3. The molecule has 2 rings (SSSR count). The molecule has 0 spiro atoms. The maximum Gasteiger partial charge on any atom is 0.262 e. The number of nitrogen functional groups attached to an aromatic ring is 1. The van der Waals surface area contributed by atoms with E-state index in [1.807, 2.05) is 4.72 Å². The lowest BCUT2D eigenvalue weighted by Gasteiger charge is -2.10. The van der Waals surface area contributed by atoms with Crippen molar-refractivity contribution < 1.29 is 17.2 Å². The van der Waals surface area contributed by atoms with Crippen LogP contribution >= 0.6 is 31.9 Å². The van der Waals surface area contributed by atoms with Crippen molar-refractivity contribution in [1.29, 1.82) is 0 Å². The summed E-state index contributed by atoms with van der Waals surface area (Å²) in [6.45, 7) is 0. The zero-order valence-electron chi connectivity index (χ0n) is 10.2. The first-order valence-corrected chi connectivity index (χ1v) is 8.50. The van der Waals surface area contributed by atoms with Crippen molar-refractivity contribution in [1.82, 2.24) is 0 Å². The molecule has 0 heterocycles. The van der Waals surface area contributed by atoms with Crippen LogP contribution in [0.3, 0.4) is 0 Å². The Kier molecular flexibility index (Phi) is 4.54. The molecule has 0 saturated carbocycles. The molecule has 0 bridgehead atoms. The summed E-state index contributed by atoms with van der Waals surface area (Å²) in [6.07, 6.45) is 0. The van der Waals surface area contributed by atoms with Crippen LogP contribution in [0.15, 0.2) is 44.2 Å². The Bertz CT molecular complexity index is 813. The first kappa shape index (κ1) is 16.2. The van der Waals surface area contributed by atoms with E-state index in [0.717, 1.165) is 6.07 Å². The second-order valence-corrected chi connectivity index (χ2v) is 7.43. The lowest BCUT2D eigenvalue weighted by molar-refractivity contribution is 0.579. The van der Waals surface area contributed by atoms with Gasteiger partial charge < -0.3 is 5.73 Å². The summed E-state index contributed by atoms with van der Waals surface area (Å²) >= 11 is 6.01. The molecular weight excluding hydrogens is 434 g/mol. The van der Waals surface area contributed by atoms with Crippen LogP contribution < -0.4 is 10.5 Å². The number of anilines is 2. The molecule has 0 amide bonds. The van der Waals surface area contributed by atoms with Crippen LogP contribution in [0.2, 0.25) is 0 Å². The van der Waals surface area contributed by atoms with Gasteiger partial charge in [-0.1, -0.05) is 0 Å². The fraction of sp³-hybridized carbons (Fsp3) is 0. The van der Waals surface area contributed by atoms with Gasteiger partial charge in [-0.25, -0.2) is 17.2 Å². The van der Waals surface area contributed by atoms with E-state index < -0.39 is 21.7 Å². The van der Waals surface area contributed by atoms with Gasteiger partial charge in [0, 0.05) is 16.2 Å². The smallest absolute Gasteiger partial charge is 0.262 e. The third-order valence-electron chi connectivity index (χ3n) is 2.53. The van der Waals surface area contributed by atoms with Crippen LogP contribution in [-0.2, 0) is 10.0 Å². The number of hydrogen-bond donors (Lipinski definition) is 2. The van der Waals surface area contributed by atoms with Gasteiger partial charge in [0.2, 0.25) is 0 Å². The number of sulfonamides is 1. The molecule has 2 aromatic carbocycles. The highest BCUT2D eigenvalue weighted by Crippen LogP contribution is 2.27. The Balaban J connectivity index is 2.42. The van der Waals surface area contributed by atoms with Gasteiger partial charge in [0.05, 0.1) is 15.1 Å². The van der Waals surface area contributed by atoms with Crippen LogP contribution in [0, 0.1) is 11.6 Å². The molecular formula is C12H8Br2F2N2O2S. The van der Waals surface area contributed by atoms with Crippen LogP contribution in [0.1, 0.15) is 0 Å². The average molecular weight is 442 g/mol. The van der Waals surface area contributed by atoms with Crippen molar-refractivity contribution in [2.45, 2.75) is 4.90 Å². The molecule has 0 atom stereocenters. The summed E-state index contributed by atoms with van der Waals surface area (Å²) in [6, 6.07) is 5.57. The fourth-order valence-corrected chi connectivity index (χ4v) is 3.18. The molecule has 0 saturated heterocycles. The van der Waals surface area contributed by atoms with Crippen LogP contribution in [-0.4, -0.2) is 8.42 Å². The summed E-state index contributed by atoms with van der Waals surface area (Å²) < 4.78 is 53.6. The quantitative estimate of drug-likeness (QED) is 0.560. The standard InChI is InChI=1S/C12H8Br2F2N2O2S/c13-7-2-1-6(3-11(7)17)21(19,20)18-12-4-8(14)9(15)5-10(12)16/h1-5,18H,17H2. The maximum atomic E-state index is 13.6. The van der Waals surface area contributed by atoms with Crippen molar-refractivity contribution in [2.75, 3.05) is 10.5 Å². The van der Waals surface area contributed by atoms with Gasteiger partial charge in [0.15, 0.2) is 0 Å². The van der Waals surface area contributed by atoms with E-state index in [9.17, 15) is 17.2 Å². The van der Waals surface area contributed by atoms with E-state index in [1.165, 1.54) is 18.2 Å². The summed E-state index contributed by atoms with van der Waals surface area (Å²) in [5.41, 5.74) is 5.46. The molecule has 0 aromatic heterocycles. The third-order valence-corrected chi connectivity index (χ3v) is 5.23. The molecule has 0 aliphatic heterocycles. The normalized spacial score (nSPS) is 11.4. The summed E-state index contributed by atoms with van der Waals surface area (Å²) in [5, 5.41) is 0. The van der Waals surface area contributed by atoms with Gasteiger partial charge in [-0.05, 0) is 56.1 Å². The molecule has 0 fully saturated rings. The minimum absolute atomic E-state index is 0.0584. The molecule has 112 valence electrons. The Morgan fingerprint density at radius 3 is 2.29 bits per heavy atom. The lowest BCUT2D eigenvalue weighted by Crippen LogP contribution is -2.14. The van der Waals surface area contributed by atoms with Crippen molar-refractivity contribution in [3.8, 4) is 0 Å². The number of benzene rings is 2. The third kappa shape index (κ3) is 3.53. The second-order valence-electron chi connectivity index (χ2n) is 4.03. The Morgan fingerprint density at radius 2 is 1.67 bits per heavy atom. The van der Waals surface area contributed by atoms with Crippen molar-refractivity contribution in [3.05, 3.63) is 50.9 Å². The largest absolute Gasteiger partial charge is 0.398 e. The highest BCUT2D eigenvalue weighted by atomic mass is 79.9. The first-order valence-electron chi connectivity index (χ1n) is 5.43. The average Bonchev–Trinajstić information content (AvgIpc) is 2.39. The van der Waals surface area contributed by atoms with Gasteiger partial charge in [-0.2, -0.15) is 0 Å². The van der Waals surface area contributed by atoms with E-state index in [2.05, 4.69) is 31.9 Å². The second kappa shape index (κ2) is 5.90. The molecule has 9 heteroatoms. The predicted molar refractivity (Wildman–Crippen MR) is 83.4 cm³/mol. The lowest BCUT2D eigenvalue weighted by atomic mass is 10.3. The molecule has 0 aliphatic carbocycles.